The largest absolute Gasteiger partial charge is 0.492 e. The van der Waals surface area contributed by atoms with Crippen LogP contribution in [-0.4, -0.2) is 39.6 Å². The zero-order chi connectivity index (χ0) is 21.0. The standard InChI is InChI=1S/C24H30N2O3S/c1-2-17-30(27,28)26-15-16-29-21-10-9-19-11-14-25-23(22(19)18-21)24(12-6-13-24)20-7-4-3-5-8-20/h3-5,7-10,18,26H,2,6,11-17H2,1H3/p+1. The molecular formula is C24H31N2O3S+. The highest BCUT2D eigenvalue weighted by Crippen LogP contribution is 2.46. The van der Waals surface area contributed by atoms with Crippen LogP contribution >= 0.6 is 0 Å². The molecule has 1 fully saturated rings. The second-order valence-electron chi connectivity index (χ2n) is 8.23. The van der Waals surface area contributed by atoms with Crippen LogP contribution in [0.3, 0.4) is 0 Å². The average Bonchev–Trinajstić information content (AvgIpc) is 2.71. The van der Waals surface area contributed by atoms with Gasteiger partial charge in [0.2, 0.25) is 10.0 Å². The smallest absolute Gasteiger partial charge is 0.211 e. The molecule has 0 saturated heterocycles. The summed E-state index contributed by atoms with van der Waals surface area (Å²) in [6, 6.07) is 17.1. The Labute approximate surface area is 179 Å². The second-order valence-corrected chi connectivity index (χ2v) is 10.2. The van der Waals surface area contributed by atoms with E-state index in [4.69, 9.17) is 4.74 Å². The van der Waals surface area contributed by atoms with E-state index in [1.54, 1.807) is 0 Å². The topological polar surface area (TPSA) is 69.4 Å². The monoisotopic (exact) mass is 427 g/mol. The lowest BCUT2D eigenvalue weighted by Gasteiger charge is -2.41. The SMILES string of the molecule is CCCS(=O)(=O)NCCOc1ccc2c(c1)C(C1(c3ccccc3)CCC1)=[NH+]CC2. The molecule has 2 aromatic rings. The zero-order valence-corrected chi connectivity index (χ0v) is 18.4. The Morgan fingerprint density at radius 3 is 2.63 bits per heavy atom. The molecule has 0 unspecified atom stereocenters. The van der Waals surface area contributed by atoms with Gasteiger partial charge in [0, 0.05) is 18.5 Å². The van der Waals surface area contributed by atoms with Gasteiger partial charge in [0.05, 0.1) is 11.2 Å². The zero-order valence-electron chi connectivity index (χ0n) is 17.6. The van der Waals surface area contributed by atoms with Gasteiger partial charge in [-0.1, -0.05) is 49.7 Å². The number of hydrogen-bond donors (Lipinski definition) is 2. The van der Waals surface area contributed by atoms with Gasteiger partial charge in [0.1, 0.15) is 18.9 Å². The molecule has 0 spiro atoms. The van der Waals surface area contributed by atoms with Gasteiger partial charge in [-0.15, -0.1) is 0 Å². The Kier molecular flexibility index (Phi) is 6.25. The van der Waals surface area contributed by atoms with Gasteiger partial charge in [0.25, 0.3) is 0 Å². The first-order valence-corrected chi connectivity index (χ1v) is 12.6. The molecule has 1 heterocycles. The molecule has 0 aromatic heterocycles. The second kappa shape index (κ2) is 8.90. The molecule has 160 valence electrons. The average molecular weight is 428 g/mol. The highest BCUT2D eigenvalue weighted by atomic mass is 32.2. The van der Waals surface area contributed by atoms with Gasteiger partial charge in [-0.05, 0) is 42.5 Å². The summed E-state index contributed by atoms with van der Waals surface area (Å²) >= 11 is 0. The van der Waals surface area contributed by atoms with E-state index in [0.717, 1.165) is 31.6 Å². The molecule has 0 bridgehead atoms. The summed E-state index contributed by atoms with van der Waals surface area (Å²) in [6.45, 7) is 3.40. The molecule has 2 aromatic carbocycles. The van der Waals surface area contributed by atoms with E-state index in [9.17, 15) is 8.42 Å². The number of ether oxygens (including phenoxy) is 1. The number of nitrogens with one attached hydrogen (secondary N) is 2. The van der Waals surface area contributed by atoms with Crippen LogP contribution in [0, 0.1) is 0 Å². The maximum atomic E-state index is 11.8. The van der Waals surface area contributed by atoms with E-state index in [1.807, 2.05) is 13.0 Å². The summed E-state index contributed by atoms with van der Waals surface area (Å²) in [5.41, 5.74) is 5.35. The number of sulfonamides is 1. The Balaban J connectivity index is 1.51. The van der Waals surface area contributed by atoms with Crippen LogP contribution in [0.5, 0.6) is 5.75 Å². The van der Waals surface area contributed by atoms with Crippen LogP contribution in [0.4, 0.5) is 0 Å². The Morgan fingerprint density at radius 1 is 1.13 bits per heavy atom. The van der Waals surface area contributed by atoms with E-state index in [1.165, 1.54) is 28.8 Å². The summed E-state index contributed by atoms with van der Waals surface area (Å²) in [7, 11) is -3.20. The summed E-state index contributed by atoms with van der Waals surface area (Å²) in [4.78, 5) is 3.71. The molecule has 1 aliphatic heterocycles. The molecule has 2 N–H and O–H groups in total. The minimum atomic E-state index is -3.20. The van der Waals surface area contributed by atoms with Crippen LogP contribution in [0.15, 0.2) is 48.5 Å². The molecule has 6 heteroatoms. The molecule has 2 aliphatic rings. The fourth-order valence-electron chi connectivity index (χ4n) is 4.62. The van der Waals surface area contributed by atoms with Gasteiger partial charge >= 0.3 is 0 Å². The Morgan fingerprint density at radius 2 is 1.93 bits per heavy atom. The molecule has 4 rings (SSSR count). The number of rotatable bonds is 9. The van der Waals surface area contributed by atoms with Gasteiger partial charge < -0.3 is 4.74 Å². The fraction of sp³-hybridized carbons (Fsp3) is 0.458. The molecule has 1 aliphatic carbocycles. The van der Waals surface area contributed by atoms with E-state index >= 15 is 0 Å². The summed E-state index contributed by atoms with van der Waals surface area (Å²) in [5.74, 6) is 0.935. The van der Waals surface area contributed by atoms with Crippen molar-refractivity contribution in [2.75, 3.05) is 25.4 Å². The van der Waals surface area contributed by atoms with Crippen molar-refractivity contribution in [2.24, 2.45) is 0 Å². The van der Waals surface area contributed by atoms with Crippen molar-refractivity contribution in [3.63, 3.8) is 0 Å². The maximum Gasteiger partial charge on any atom is 0.211 e. The van der Waals surface area contributed by atoms with Crippen molar-refractivity contribution in [3.05, 3.63) is 65.2 Å². The quantitative estimate of drug-likeness (QED) is 0.601. The van der Waals surface area contributed by atoms with Crippen molar-refractivity contribution < 1.29 is 18.1 Å². The summed E-state index contributed by atoms with van der Waals surface area (Å²) in [5, 5.41) is 0. The lowest BCUT2D eigenvalue weighted by Crippen LogP contribution is -2.80. The lowest BCUT2D eigenvalue weighted by molar-refractivity contribution is -0.461. The highest BCUT2D eigenvalue weighted by Gasteiger charge is 2.48. The Hall–Kier alpha value is -2.18. The molecule has 5 nitrogen and oxygen atoms in total. The minimum Gasteiger partial charge on any atom is -0.492 e. The number of fused-ring (bicyclic) bond motifs is 1. The minimum absolute atomic E-state index is 0.0604. The Bertz CT molecular complexity index is 1010. The van der Waals surface area contributed by atoms with Crippen LogP contribution in [-0.2, 0) is 21.9 Å². The van der Waals surface area contributed by atoms with Gasteiger partial charge in [-0.3, -0.25) is 0 Å². The van der Waals surface area contributed by atoms with E-state index in [-0.39, 0.29) is 17.7 Å². The molecular weight excluding hydrogens is 396 g/mol. The third-order valence-electron chi connectivity index (χ3n) is 6.22. The van der Waals surface area contributed by atoms with Crippen LogP contribution < -0.4 is 14.5 Å². The van der Waals surface area contributed by atoms with Crippen molar-refractivity contribution in [1.82, 2.24) is 4.72 Å². The van der Waals surface area contributed by atoms with Crippen LogP contribution in [0.25, 0.3) is 0 Å². The predicted molar refractivity (Wildman–Crippen MR) is 120 cm³/mol. The van der Waals surface area contributed by atoms with Crippen molar-refractivity contribution >= 4 is 15.7 Å². The van der Waals surface area contributed by atoms with Crippen LogP contribution in [0.1, 0.15) is 49.3 Å². The van der Waals surface area contributed by atoms with Gasteiger partial charge in [-0.25, -0.2) is 18.1 Å². The number of benzene rings is 2. The molecule has 30 heavy (non-hydrogen) atoms. The third kappa shape index (κ3) is 4.30. The lowest BCUT2D eigenvalue weighted by atomic mass is 9.59. The summed E-state index contributed by atoms with van der Waals surface area (Å²) < 4.78 is 32.1. The van der Waals surface area contributed by atoms with Crippen LogP contribution in [0.2, 0.25) is 0 Å². The molecule has 0 atom stereocenters. The first kappa shape index (κ1) is 21.1. The maximum absolute atomic E-state index is 11.8. The first-order valence-electron chi connectivity index (χ1n) is 10.9. The highest BCUT2D eigenvalue weighted by molar-refractivity contribution is 7.89. The number of hydrogen-bond acceptors (Lipinski definition) is 3. The normalized spacial score (nSPS) is 17.6. The molecule has 1 saturated carbocycles. The van der Waals surface area contributed by atoms with E-state index < -0.39 is 10.0 Å². The predicted octanol–water partition coefficient (Wildman–Crippen LogP) is 1.94. The fourth-order valence-corrected chi connectivity index (χ4v) is 5.69. The third-order valence-corrected chi connectivity index (χ3v) is 7.81. The van der Waals surface area contributed by atoms with Crippen molar-refractivity contribution in [1.29, 1.82) is 0 Å². The van der Waals surface area contributed by atoms with E-state index in [2.05, 4.69) is 52.2 Å². The van der Waals surface area contributed by atoms with Crippen molar-refractivity contribution in [3.8, 4) is 5.75 Å². The molecule has 0 radical (unpaired) electrons. The van der Waals surface area contributed by atoms with Gasteiger partial charge in [-0.2, -0.15) is 0 Å². The van der Waals surface area contributed by atoms with E-state index in [0.29, 0.717) is 13.0 Å². The molecule has 0 amide bonds. The summed E-state index contributed by atoms with van der Waals surface area (Å²) in [6.07, 6.45) is 5.16. The van der Waals surface area contributed by atoms with Crippen molar-refractivity contribution in [2.45, 2.75) is 44.4 Å². The van der Waals surface area contributed by atoms with Gasteiger partial charge in [0.15, 0.2) is 5.71 Å². The first-order chi connectivity index (χ1) is 14.5.